The van der Waals surface area contributed by atoms with Crippen LogP contribution in [0, 0.1) is 17.2 Å². The van der Waals surface area contributed by atoms with Gasteiger partial charge in [-0.2, -0.15) is 10.4 Å². The van der Waals surface area contributed by atoms with Crippen molar-refractivity contribution in [3.05, 3.63) is 34.2 Å². The van der Waals surface area contributed by atoms with E-state index in [4.69, 9.17) is 5.26 Å². The lowest BCUT2D eigenvalue weighted by Gasteiger charge is -2.28. The van der Waals surface area contributed by atoms with Gasteiger partial charge in [-0.25, -0.2) is 4.68 Å². The van der Waals surface area contributed by atoms with Crippen LogP contribution >= 0.6 is 11.3 Å². The molecule has 0 unspecified atom stereocenters. The van der Waals surface area contributed by atoms with E-state index in [0.29, 0.717) is 17.5 Å². The first-order valence-corrected chi connectivity index (χ1v) is 8.67. The second kappa shape index (κ2) is 7.13. The van der Waals surface area contributed by atoms with Crippen LogP contribution in [0.2, 0.25) is 0 Å². The molecule has 0 spiro atoms. The van der Waals surface area contributed by atoms with Crippen molar-refractivity contribution >= 4 is 17.2 Å². The van der Waals surface area contributed by atoms with E-state index in [0.717, 1.165) is 32.0 Å². The van der Waals surface area contributed by atoms with Crippen molar-refractivity contribution in [2.24, 2.45) is 5.92 Å². The highest BCUT2D eigenvalue weighted by atomic mass is 32.1. The highest BCUT2D eigenvalue weighted by Crippen LogP contribution is 2.23. The van der Waals surface area contributed by atoms with Crippen LogP contribution in [0.5, 0.6) is 0 Å². The maximum atomic E-state index is 9.03. The molecule has 1 aliphatic heterocycles. The fourth-order valence-corrected chi connectivity index (χ4v) is 3.84. The molecule has 122 valence electrons. The summed E-state index contributed by atoms with van der Waals surface area (Å²) >= 11 is 1.80. The van der Waals surface area contributed by atoms with Crippen LogP contribution < -0.4 is 10.6 Å². The quantitative estimate of drug-likeness (QED) is 0.844. The minimum absolute atomic E-state index is 0.400. The Bertz CT molecular complexity index is 669. The number of hydrogen-bond acceptors (Lipinski definition) is 6. The van der Waals surface area contributed by atoms with E-state index in [1.165, 1.54) is 4.88 Å². The van der Waals surface area contributed by atoms with Crippen LogP contribution in [0.3, 0.4) is 0 Å². The van der Waals surface area contributed by atoms with Crippen LogP contribution in [0.4, 0.5) is 5.82 Å². The molecule has 7 heteroatoms. The number of nitriles is 1. The molecule has 2 aromatic heterocycles. The van der Waals surface area contributed by atoms with Gasteiger partial charge in [-0.05, 0) is 25.5 Å². The average Bonchev–Trinajstić information content (AvgIpc) is 3.20. The minimum atomic E-state index is 0.400. The first-order chi connectivity index (χ1) is 11.2. The Morgan fingerprint density at radius 1 is 1.61 bits per heavy atom. The molecule has 3 rings (SSSR count). The molecule has 0 amide bonds. The van der Waals surface area contributed by atoms with Gasteiger partial charge in [0.25, 0.3) is 0 Å². The summed E-state index contributed by atoms with van der Waals surface area (Å²) < 4.78 is 1.90. The van der Waals surface area contributed by atoms with Crippen molar-refractivity contribution in [2.75, 3.05) is 39.0 Å². The standard InChI is InChI=1S/C16H22N6S/c1-21(2)14(15-4-3-5-23-15)10-18-7-12-8-19-16-13(6-17)9-20-22(16)11-12/h3-5,9,12,14,18-19H,7-8,10-11H2,1-2H3/t12-,14+/m1/s1. The SMILES string of the molecule is CN(C)[C@@H](CNC[C@@H]1CNc2c(C#N)cnn2C1)c1cccs1. The Morgan fingerprint density at radius 2 is 2.48 bits per heavy atom. The van der Waals surface area contributed by atoms with Crippen molar-refractivity contribution in [1.29, 1.82) is 5.26 Å². The van der Waals surface area contributed by atoms with Gasteiger partial charge in [-0.15, -0.1) is 11.3 Å². The summed E-state index contributed by atoms with van der Waals surface area (Å²) in [7, 11) is 4.24. The molecule has 0 aliphatic carbocycles. The topological polar surface area (TPSA) is 68.9 Å². The Kier molecular flexibility index (Phi) is 4.96. The number of nitrogens with one attached hydrogen (secondary N) is 2. The largest absolute Gasteiger partial charge is 0.369 e. The zero-order valence-corrected chi connectivity index (χ0v) is 14.3. The van der Waals surface area contributed by atoms with E-state index in [9.17, 15) is 0 Å². The number of aromatic nitrogens is 2. The van der Waals surface area contributed by atoms with Gasteiger partial charge in [0.1, 0.15) is 17.5 Å². The van der Waals surface area contributed by atoms with E-state index in [1.807, 2.05) is 4.68 Å². The maximum absolute atomic E-state index is 9.03. The van der Waals surface area contributed by atoms with E-state index >= 15 is 0 Å². The molecule has 0 saturated carbocycles. The van der Waals surface area contributed by atoms with Gasteiger partial charge in [0, 0.05) is 37.0 Å². The van der Waals surface area contributed by atoms with Gasteiger partial charge >= 0.3 is 0 Å². The van der Waals surface area contributed by atoms with Crippen LogP contribution in [-0.4, -0.2) is 48.4 Å². The summed E-state index contributed by atoms with van der Waals surface area (Å²) in [5, 5.41) is 22.4. The summed E-state index contributed by atoms with van der Waals surface area (Å²) in [6.07, 6.45) is 1.64. The van der Waals surface area contributed by atoms with E-state index in [2.05, 4.69) is 58.3 Å². The molecule has 0 fully saturated rings. The molecule has 1 aliphatic rings. The van der Waals surface area contributed by atoms with Crippen LogP contribution in [0.25, 0.3) is 0 Å². The van der Waals surface area contributed by atoms with E-state index in [1.54, 1.807) is 17.5 Å². The van der Waals surface area contributed by atoms with Gasteiger partial charge in [0.15, 0.2) is 0 Å². The lowest BCUT2D eigenvalue weighted by Crippen LogP contribution is -2.38. The second-order valence-electron chi connectivity index (χ2n) is 6.10. The van der Waals surface area contributed by atoms with Crippen molar-refractivity contribution in [3.63, 3.8) is 0 Å². The molecule has 0 radical (unpaired) electrons. The smallest absolute Gasteiger partial charge is 0.142 e. The maximum Gasteiger partial charge on any atom is 0.142 e. The second-order valence-corrected chi connectivity index (χ2v) is 7.08. The van der Waals surface area contributed by atoms with Gasteiger partial charge in [0.05, 0.1) is 12.2 Å². The van der Waals surface area contributed by atoms with E-state index < -0.39 is 0 Å². The Hall–Kier alpha value is -1.88. The number of fused-ring (bicyclic) bond motifs is 1. The van der Waals surface area contributed by atoms with Crippen molar-refractivity contribution in [1.82, 2.24) is 20.0 Å². The van der Waals surface area contributed by atoms with Crippen molar-refractivity contribution in [2.45, 2.75) is 12.6 Å². The van der Waals surface area contributed by atoms with Gasteiger partial charge in [-0.1, -0.05) is 6.07 Å². The van der Waals surface area contributed by atoms with Crippen molar-refractivity contribution < 1.29 is 0 Å². The molecule has 2 N–H and O–H groups in total. The van der Waals surface area contributed by atoms with Crippen LogP contribution in [0.15, 0.2) is 23.7 Å². The van der Waals surface area contributed by atoms with Gasteiger partial charge < -0.3 is 15.5 Å². The highest BCUT2D eigenvalue weighted by Gasteiger charge is 2.22. The fourth-order valence-electron chi connectivity index (χ4n) is 2.92. The molecule has 0 bridgehead atoms. The molecule has 6 nitrogen and oxygen atoms in total. The number of hydrogen-bond donors (Lipinski definition) is 2. The average molecular weight is 330 g/mol. The third-order valence-corrected chi connectivity index (χ3v) is 5.19. The fraction of sp³-hybridized carbons (Fsp3) is 0.500. The van der Waals surface area contributed by atoms with Gasteiger partial charge in [-0.3, -0.25) is 0 Å². The van der Waals surface area contributed by atoms with E-state index in [-0.39, 0.29) is 0 Å². The lowest BCUT2D eigenvalue weighted by atomic mass is 10.1. The zero-order valence-electron chi connectivity index (χ0n) is 13.5. The number of thiophene rings is 1. The third-order valence-electron chi connectivity index (χ3n) is 4.21. The molecular weight excluding hydrogens is 308 g/mol. The number of rotatable bonds is 6. The molecular formula is C16H22N6S. The first kappa shape index (κ1) is 16.0. The number of likely N-dealkylation sites (N-methyl/N-ethyl adjacent to an activating group) is 1. The van der Waals surface area contributed by atoms with Gasteiger partial charge in [0.2, 0.25) is 0 Å². The van der Waals surface area contributed by atoms with Crippen molar-refractivity contribution in [3.8, 4) is 6.07 Å². The highest BCUT2D eigenvalue weighted by molar-refractivity contribution is 7.10. The molecule has 2 atom stereocenters. The summed E-state index contributed by atoms with van der Waals surface area (Å²) in [4.78, 5) is 3.64. The monoisotopic (exact) mass is 330 g/mol. The van der Waals surface area contributed by atoms with Crippen LogP contribution in [0.1, 0.15) is 16.5 Å². The third kappa shape index (κ3) is 3.55. The minimum Gasteiger partial charge on any atom is -0.369 e. The Labute approximate surface area is 140 Å². The lowest BCUT2D eigenvalue weighted by molar-refractivity contribution is 0.283. The molecule has 3 heterocycles. The number of nitrogens with zero attached hydrogens (tertiary/aromatic N) is 4. The number of anilines is 1. The summed E-state index contributed by atoms with van der Waals surface area (Å²) in [5.41, 5.74) is 0.627. The Balaban J connectivity index is 1.52. The van der Waals surface area contributed by atoms with Crippen LogP contribution in [-0.2, 0) is 6.54 Å². The Morgan fingerprint density at radius 3 is 3.17 bits per heavy atom. The molecule has 0 saturated heterocycles. The summed E-state index contributed by atoms with van der Waals surface area (Å²) in [6.45, 7) is 3.59. The predicted octanol–water partition coefficient (Wildman–Crippen LogP) is 1.75. The first-order valence-electron chi connectivity index (χ1n) is 7.79. The molecule has 0 aromatic carbocycles. The summed E-state index contributed by atoms with van der Waals surface area (Å²) in [5.74, 6) is 1.33. The zero-order chi connectivity index (χ0) is 16.2. The summed E-state index contributed by atoms with van der Waals surface area (Å²) in [6, 6.07) is 6.87. The predicted molar refractivity (Wildman–Crippen MR) is 92.5 cm³/mol. The normalized spacial score (nSPS) is 18.3. The molecule has 23 heavy (non-hydrogen) atoms. The molecule has 2 aromatic rings.